The molecule has 1 N–H and O–H groups in total. The molecule has 2 fully saturated rings. The highest BCUT2D eigenvalue weighted by Crippen LogP contribution is 2.44. The molecule has 0 bridgehead atoms. The first-order valence-electron chi connectivity index (χ1n) is 8.33. The summed E-state index contributed by atoms with van der Waals surface area (Å²) in [6.45, 7) is 1.24. The van der Waals surface area contributed by atoms with Crippen LogP contribution in [-0.4, -0.2) is 26.4 Å². The molecular weight excluding hydrogens is 262 g/mol. The van der Waals surface area contributed by atoms with Crippen molar-refractivity contribution >= 4 is 5.69 Å². The van der Waals surface area contributed by atoms with Crippen LogP contribution in [-0.2, 0) is 4.74 Å². The molecule has 0 aliphatic heterocycles. The fourth-order valence-corrected chi connectivity index (χ4v) is 3.48. The van der Waals surface area contributed by atoms with Gasteiger partial charge in [0.1, 0.15) is 12.4 Å². The molecule has 3 heteroatoms. The van der Waals surface area contributed by atoms with Gasteiger partial charge in [-0.1, -0.05) is 12.8 Å². The maximum absolute atomic E-state index is 5.60. The maximum Gasteiger partial charge on any atom is 0.119 e. The average Bonchev–Trinajstić information content (AvgIpc) is 3.34. The third-order valence-electron chi connectivity index (χ3n) is 4.78. The van der Waals surface area contributed by atoms with E-state index < -0.39 is 0 Å². The molecule has 3 rings (SSSR count). The Bertz CT molecular complexity index is 427. The van der Waals surface area contributed by atoms with E-state index in [-0.39, 0.29) is 0 Å². The van der Waals surface area contributed by atoms with Crippen LogP contribution in [0.3, 0.4) is 0 Å². The standard InChI is InChI=1S/C18H27NO2/c1-20-11-12-21-18-9-7-16(8-10-18)19-17-4-2-3-15(13-17)14-5-6-14/h7-10,14-15,17,19H,2-6,11-13H2,1H3. The fourth-order valence-electron chi connectivity index (χ4n) is 3.48. The van der Waals surface area contributed by atoms with E-state index in [0.29, 0.717) is 19.3 Å². The summed E-state index contributed by atoms with van der Waals surface area (Å²) in [5, 5.41) is 3.71. The van der Waals surface area contributed by atoms with E-state index in [1.165, 1.54) is 44.2 Å². The van der Waals surface area contributed by atoms with Crippen molar-refractivity contribution in [1.29, 1.82) is 0 Å². The van der Waals surface area contributed by atoms with Gasteiger partial charge in [0.2, 0.25) is 0 Å². The number of hydrogen-bond donors (Lipinski definition) is 1. The smallest absolute Gasteiger partial charge is 0.119 e. The number of anilines is 1. The Morgan fingerprint density at radius 3 is 2.52 bits per heavy atom. The lowest BCUT2D eigenvalue weighted by Gasteiger charge is -2.30. The number of methoxy groups -OCH3 is 1. The minimum absolute atomic E-state index is 0.606. The Morgan fingerprint density at radius 1 is 1.00 bits per heavy atom. The van der Waals surface area contributed by atoms with Crippen LogP contribution >= 0.6 is 0 Å². The zero-order valence-corrected chi connectivity index (χ0v) is 13.0. The lowest BCUT2D eigenvalue weighted by molar-refractivity contribution is 0.146. The molecular formula is C18H27NO2. The normalized spacial score (nSPS) is 25.6. The van der Waals surface area contributed by atoms with Crippen molar-refractivity contribution in [1.82, 2.24) is 0 Å². The molecule has 0 saturated heterocycles. The number of ether oxygens (including phenoxy) is 2. The van der Waals surface area contributed by atoms with Crippen molar-refractivity contribution < 1.29 is 9.47 Å². The second kappa shape index (κ2) is 7.17. The fraction of sp³-hybridized carbons (Fsp3) is 0.667. The number of hydrogen-bond acceptors (Lipinski definition) is 3. The molecule has 1 aromatic rings. The minimum Gasteiger partial charge on any atom is -0.491 e. The van der Waals surface area contributed by atoms with E-state index in [1.807, 2.05) is 12.1 Å². The third kappa shape index (κ3) is 4.37. The second-order valence-electron chi connectivity index (χ2n) is 6.47. The predicted octanol–water partition coefficient (Wildman–Crippen LogP) is 4.09. The van der Waals surface area contributed by atoms with Crippen LogP contribution in [0.2, 0.25) is 0 Å². The highest BCUT2D eigenvalue weighted by molar-refractivity contribution is 5.47. The molecule has 2 unspecified atom stereocenters. The van der Waals surface area contributed by atoms with Gasteiger partial charge >= 0.3 is 0 Å². The van der Waals surface area contributed by atoms with E-state index in [4.69, 9.17) is 9.47 Å². The van der Waals surface area contributed by atoms with Gasteiger partial charge in [-0.2, -0.15) is 0 Å². The first kappa shape index (κ1) is 14.7. The Labute approximate surface area is 128 Å². The van der Waals surface area contributed by atoms with Crippen molar-refractivity contribution in [2.45, 2.75) is 44.6 Å². The van der Waals surface area contributed by atoms with E-state index in [1.54, 1.807) is 7.11 Å². The van der Waals surface area contributed by atoms with Crippen molar-refractivity contribution in [3.8, 4) is 5.75 Å². The number of rotatable bonds is 7. The number of benzene rings is 1. The molecule has 0 heterocycles. The summed E-state index contributed by atoms with van der Waals surface area (Å²) in [6, 6.07) is 8.99. The molecule has 1 aromatic carbocycles. The molecule has 3 nitrogen and oxygen atoms in total. The highest BCUT2D eigenvalue weighted by Gasteiger charge is 2.34. The molecule has 21 heavy (non-hydrogen) atoms. The Morgan fingerprint density at radius 2 is 1.81 bits per heavy atom. The topological polar surface area (TPSA) is 30.5 Å². The lowest BCUT2D eigenvalue weighted by Crippen LogP contribution is -2.28. The molecule has 2 aliphatic rings. The molecule has 0 radical (unpaired) electrons. The van der Waals surface area contributed by atoms with Gasteiger partial charge < -0.3 is 14.8 Å². The van der Waals surface area contributed by atoms with Gasteiger partial charge in [0.15, 0.2) is 0 Å². The van der Waals surface area contributed by atoms with Crippen LogP contribution in [0.25, 0.3) is 0 Å². The first-order valence-corrected chi connectivity index (χ1v) is 8.33. The highest BCUT2D eigenvalue weighted by atomic mass is 16.5. The summed E-state index contributed by atoms with van der Waals surface area (Å²) in [5.74, 6) is 2.94. The molecule has 0 amide bonds. The van der Waals surface area contributed by atoms with Crippen LogP contribution in [0, 0.1) is 11.8 Å². The van der Waals surface area contributed by atoms with Gasteiger partial charge in [-0.05, 0) is 61.8 Å². The Hall–Kier alpha value is -1.22. The van der Waals surface area contributed by atoms with Gasteiger partial charge in [-0.15, -0.1) is 0 Å². The van der Waals surface area contributed by atoms with E-state index in [9.17, 15) is 0 Å². The van der Waals surface area contributed by atoms with Crippen LogP contribution in [0.5, 0.6) is 5.75 Å². The summed E-state index contributed by atoms with van der Waals surface area (Å²) in [5.41, 5.74) is 1.22. The summed E-state index contributed by atoms with van der Waals surface area (Å²) < 4.78 is 10.6. The van der Waals surface area contributed by atoms with E-state index in [2.05, 4.69) is 17.4 Å². The summed E-state index contributed by atoms with van der Waals surface area (Å²) >= 11 is 0. The van der Waals surface area contributed by atoms with Crippen molar-refractivity contribution in [3.05, 3.63) is 24.3 Å². The van der Waals surface area contributed by atoms with Crippen molar-refractivity contribution in [2.24, 2.45) is 11.8 Å². The second-order valence-corrected chi connectivity index (χ2v) is 6.47. The van der Waals surface area contributed by atoms with Gasteiger partial charge in [0, 0.05) is 18.8 Å². The van der Waals surface area contributed by atoms with Gasteiger partial charge in [-0.3, -0.25) is 0 Å². The van der Waals surface area contributed by atoms with Crippen LogP contribution in [0.4, 0.5) is 5.69 Å². The zero-order valence-electron chi connectivity index (χ0n) is 13.0. The molecule has 2 saturated carbocycles. The van der Waals surface area contributed by atoms with Gasteiger partial charge in [0.05, 0.1) is 6.61 Å². The Balaban J connectivity index is 1.47. The maximum atomic E-state index is 5.60. The summed E-state index contributed by atoms with van der Waals surface area (Å²) in [4.78, 5) is 0. The molecule has 2 aliphatic carbocycles. The minimum atomic E-state index is 0.606. The monoisotopic (exact) mass is 289 g/mol. The molecule has 0 aromatic heterocycles. The van der Waals surface area contributed by atoms with Gasteiger partial charge in [0.25, 0.3) is 0 Å². The largest absolute Gasteiger partial charge is 0.491 e. The van der Waals surface area contributed by atoms with E-state index >= 15 is 0 Å². The third-order valence-corrected chi connectivity index (χ3v) is 4.78. The molecule has 2 atom stereocenters. The number of nitrogens with one attached hydrogen (secondary N) is 1. The SMILES string of the molecule is COCCOc1ccc(NC2CCCC(C3CC3)C2)cc1. The van der Waals surface area contributed by atoms with Crippen LogP contribution in [0.15, 0.2) is 24.3 Å². The quantitative estimate of drug-likeness (QED) is 0.767. The van der Waals surface area contributed by atoms with Crippen LogP contribution < -0.4 is 10.1 Å². The van der Waals surface area contributed by atoms with E-state index in [0.717, 1.165) is 17.6 Å². The average molecular weight is 289 g/mol. The Kier molecular flexibility index (Phi) is 5.02. The summed E-state index contributed by atoms with van der Waals surface area (Å²) in [7, 11) is 1.69. The lowest BCUT2D eigenvalue weighted by atomic mass is 9.82. The first-order chi connectivity index (χ1) is 10.3. The van der Waals surface area contributed by atoms with Crippen molar-refractivity contribution in [3.63, 3.8) is 0 Å². The molecule has 116 valence electrons. The van der Waals surface area contributed by atoms with Crippen LogP contribution in [0.1, 0.15) is 38.5 Å². The van der Waals surface area contributed by atoms with Crippen molar-refractivity contribution in [2.75, 3.05) is 25.6 Å². The summed E-state index contributed by atoms with van der Waals surface area (Å²) in [6.07, 6.45) is 8.47. The predicted molar refractivity (Wildman–Crippen MR) is 85.9 cm³/mol. The van der Waals surface area contributed by atoms with Gasteiger partial charge in [-0.25, -0.2) is 0 Å². The zero-order chi connectivity index (χ0) is 14.5. The molecule has 0 spiro atoms.